The van der Waals surface area contributed by atoms with Crippen LogP contribution < -0.4 is 5.32 Å². The molecule has 0 unspecified atom stereocenters. The molecule has 0 radical (unpaired) electrons. The first-order chi connectivity index (χ1) is 10.7. The van der Waals surface area contributed by atoms with E-state index in [1.54, 1.807) is 0 Å². The number of benzene rings is 3. The van der Waals surface area contributed by atoms with E-state index in [-0.39, 0.29) is 5.91 Å². The zero-order valence-electron chi connectivity index (χ0n) is 12.7. The summed E-state index contributed by atoms with van der Waals surface area (Å²) in [7, 11) is 0. The summed E-state index contributed by atoms with van der Waals surface area (Å²) in [6.45, 7) is 2.64. The highest BCUT2D eigenvalue weighted by atomic mass is 16.1. The number of rotatable bonds is 4. The molecule has 0 saturated heterocycles. The van der Waals surface area contributed by atoms with Crippen molar-refractivity contribution in [3.63, 3.8) is 0 Å². The van der Waals surface area contributed by atoms with E-state index in [1.165, 1.54) is 16.3 Å². The first kappa shape index (κ1) is 14.3. The number of amides is 1. The average Bonchev–Trinajstić information content (AvgIpc) is 2.54. The molecule has 0 atom stereocenters. The molecule has 0 aliphatic heterocycles. The van der Waals surface area contributed by atoms with Gasteiger partial charge in [0.25, 0.3) is 5.91 Å². The van der Waals surface area contributed by atoms with Crippen LogP contribution in [0.1, 0.15) is 21.5 Å². The van der Waals surface area contributed by atoms with Gasteiger partial charge in [-0.15, -0.1) is 0 Å². The number of aryl methyl sites for hydroxylation is 1. The smallest absolute Gasteiger partial charge is 0.251 e. The number of carbonyl (C=O) groups excluding carboxylic acids is 1. The summed E-state index contributed by atoms with van der Waals surface area (Å²) in [5, 5.41) is 5.47. The van der Waals surface area contributed by atoms with E-state index in [0.29, 0.717) is 6.54 Å². The van der Waals surface area contributed by atoms with Crippen LogP contribution >= 0.6 is 0 Å². The van der Waals surface area contributed by atoms with Crippen molar-refractivity contribution in [2.45, 2.75) is 13.3 Å². The Bertz CT molecular complexity index is 807. The van der Waals surface area contributed by atoms with Crippen molar-refractivity contribution in [3.8, 4) is 0 Å². The number of hydrogen-bond donors (Lipinski definition) is 1. The summed E-state index contributed by atoms with van der Waals surface area (Å²) in [5.74, 6) is -0.00973. The molecule has 3 aromatic rings. The van der Waals surface area contributed by atoms with Gasteiger partial charge in [0.05, 0.1) is 0 Å². The van der Waals surface area contributed by atoms with Gasteiger partial charge in [-0.1, -0.05) is 60.2 Å². The number of nitrogens with one attached hydrogen (secondary N) is 1. The number of carbonyl (C=O) groups is 1. The van der Waals surface area contributed by atoms with E-state index in [4.69, 9.17) is 0 Å². The second-order valence-corrected chi connectivity index (χ2v) is 5.56. The minimum Gasteiger partial charge on any atom is -0.352 e. The van der Waals surface area contributed by atoms with Crippen molar-refractivity contribution in [2.75, 3.05) is 6.54 Å². The molecule has 0 fully saturated rings. The lowest BCUT2D eigenvalue weighted by molar-refractivity contribution is 0.0954. The molecule has 1 amide bonds. The number of hydrogen-bond acceptors (Lipinski definition) is 1. The van der Waals surface area contributed by atoms with Crippen molar-refractivity contribution in [1.82, 2.24) is 5.32 Å². The lowest BCUT2D eigenvalue weighted by Gasteiger charge is -2.07. The highest BCUT2D eigenvalue weighted by molar-refractivity contribution is 5.94. The molecule has 0 saturated carbocycles. The van der Waals surface area contributed by atoms with Crippen LogP contribution in [0.25, 0.3) is 10.8 Å². The Kier molecular flexibility index (Phi) is 4.19. The SMILES string of the molecule is Cc1cccc(C(=O)NCCc2ccc3ccccc3c2)c1. The van der Waals surface area contributed by atoms with E-state index in [9.17, 15) is 4.79 Å². The molecule has 2 heteroatoms. The normalized spacial score (nSPS) is 10.6. The Morgan fingerprint density at radius 1 is 0.909 bits per heavy atom. The van der Waals surface area contributed by atoms with Gasteiger partial charge in [-0.05, 0) is 41.8 Å². The Labute approximate surface area is 130 Å². The molecule has 0 bridgehead atoms. The second kappa shape index (κ2) is 6.44. The van der Waals surface area contributed by atoms with Crippen LogP contribution in [0.3, 0.4) is 0 Å². The predicted molar refractivity (Wildman–Crippen MR) is 91.2 cm³/mol. The van der Waals surface area contributed by atoms with Gasteiger partial charge in [-0.2, -0.15) is 0 Å². The molecule has 0 aliphatic rings. The van der Waals surface area contributed by atoms with Gasteiger partial charge in [-0.25, -0.2) is 0 Å². The monoisotopic (exact) mass is 289 g/mol. The van der Waals surface area contributed by atoms with Gasteiger partial charge in [0.15, 0.2) is 0 Å². The number of fused-ring (bicyclic) bond motifs is 1. The summed E-state index contributed by atoms with van der Waals surface area (Å²) < 4.78 is 0. The van der Waals surface area contributed by atoms with Gasteiger partial charge in [0, 0.05) is 12.1 Å². The maximum Gasteiger partial charge on any atom is 0.251 e. The third-order valence-corrected chi connectivity index (χ3v) is 3.79. The molecular weight excluding hydrogens is 270 g/mol. The molecule has 3 rings (SSSR count). The highest BCUT2D eigenvalue weighted by Crippen LogP contribution is 2.15. The Morgan fingerprint density at radius 3 is 2.55 bits per heavy atom. The van der Waals surface area contributed by atoms with Crippen molar-refractivity contribution < 1.29 is 4.79 Å². The summed E-state index contributed by atoms with van der Waals surface area (Å²) in [4.78, 5) is 12.1. The fourth-order valence-electron chi connectivity index (χ4n) is 2.60. The average molecular weight is 289 g/mol. The topological polar surface area (TPSA) is 29.1 Å². The van der Waals surface area contributed by atoms with Crippen molar-refractivity contribution in [3.05, 3.63) is 83.4 Å². The van der Waals surface area contributed by atoms with Gasteiger partial charge >= 0.3 is 0 Å². The first-order valence-electron chi connectivity index (χ1n) is 7.55. The van der Waals surface area contributed by atoms with Crippen LogP contribution in [0.4, 0.5) is 0 Å². The molecule has 110 valence electrons. The van der Waals surface area contributed by atoms with Crippen LogP contribution in [0.15, 0.2) is 66.7 Å². The van der Waals surface area contributed by atoms with E-state index in [2.05, 4.69) is 35.6 Å². The summed E-state index contributed by atoms with van der Waals surface area (Å²) in [6, 6.07) is 22.4. The van der Waals surface area contributed by atoms with Crippen molar-refractivity contribution in [1.29, 1.82) is 0 Å². The van der Waals surface area contributed by atoms with Crippen molar-refractivity contribution >= 4 is 16.7 Å². The molecule has 1 N–H and O–H groups in total. The lowest BCUT2D eigenvalue weighted by atomic mass is 10.1. The van der Waals surface area contributed by atoms with E-state index in [1.807, 2.05) is 43.3 Å². The minimum absolute atomic E-state index is 0.00973. The van der Waals surface area contributed by atoms with Gasteiger partial charge in [-0.3, -0.25) is 4.79 Å². The van der Waals surface area contributed by atoms with Crippen molar-refractivity contribution in [2.24, 2.45) is 0 Å². The maximum atomic E-state index is 12.1. The fraction of sp³-hybridized carbons (Fsp3) is 0.150. The Hall–Kier alpha value is -2.61. The Morgan fingerprint density at radius 2 is 1.73 bits per heavy atom. The maximum absolute atomic E-state index is 12.1. The van der Waals surface area contributed by atoms with Crippen LogP contribution in [-0.4, -0.2) is 12.5 Å². The minimum atomic E-state index is -0.00973. The molecule has 2 nitrogen and oxygen atoms in total. The molecule has 0 aromatic heterocycles. The second-order valence-electron chi connectivity index (χ2n) is 5.56. The summed E-state index contributed by atoms with van der Waals surface area (Å²) >= 11 is 0. The highest BCUT2D eigenvalue weighted by Gasteiger charge is 2.04. The van der Waals surface area contributed by atoms with E-state index >= 15 is 0 Å². The standard InChI is InChI=1S/C20H19NO/c1-15-5-4-8-19(13-15)20(22)21-12-11-16-9-10-17-6-2-3-7-18(17)14-16/h2-10,13-14H,11-12H2,1H3,(H,21,22). The third-order valence-electron chi connectivity index (χ3n) is 3.79. The van der Waals surface area contributed by atoms with Gasteiger partial charge in [0.2, 0.25) is 0 Å². The molecular formula is C20H19NO. The molecule has 0 heterocycles. The molecule has 0 spiro atoms. The summed E-state index contributed by atoms with van der Waals surface area (Å²) in [5.41, 5.74) is 3.06. The molecule has 22 heavy (non-hydrogen) atoms. The molecule has 0 aliphatic carbocycles. The van der Waals surface area contributed by atoms with Crippen LogP contribution in [0.5, 0.6) is 0 Å². The third kappa shape index (κ3) is 3.34. The largest absolute Gasteiger partial charge is 0.352 e. The zero-order chi connectivity index (χ0) is 15.4. The predicted octanol–water partition coefficient (Wildman–Crippen LogP) is 4.12. The van der Waals surface area contributed by atoms with Crippen LogP contribution in [0, 0.1) is 6.92 Å². The Balaban J connectivity index is 1.61. The van der Waals surface area contributed by atoms with E-state index < -0.39 is 0 Å². The first-order valence-corrected chi connectivity index (χ1v) is 7.55. The van der Waals surface area contributed by atoms with Crippen LogP contribution in [-0.2, 0) is 6.42 Å². The summed E-state index contributed by atoms with van der Waals surface area (Å²) in [6.07, 6.45) is 0.836. The zero-order valence-corrected chi connectivity index (χ0v) is 12.7. The quantitative estimate of drug-likeness (QED) is 0.769. The van der Waals surface area contributed by atoms with Gasteiger partial charge in [0.1, 0.15) is 0 Å². The lowest BCUT2D eigenvalue weighted by Crippen LogP contribution is -2.25. The van der Waals surface area contributed by atoms with Gasteiger partial charge < -0.3 is 5.32 Å². The van der Waals surface area contributed by atoms with E-state index in [0.717, 1.165) is 17.5 Å². The molecule has 3 aromatic carbocycles. The fourth-order valence-corrected chi connectivity index (χ4v) is 2.60. The van der Waals surface area contributed by atoms with Crippen LogP contribution in [0.2, 0.25) is 0 Å².